The van der Waals surface area contributed by atoms with Gasteiger partial charge in [0.05, 0.1) is 5.41 Å². The summed E-state index contributed by atoms with van der Waals surface area (Å²) >= 11 is 0. The zero-order valence-electron chi connectivity index (χ0n) is 11.2. The molecule has 0 bridgehead atoms. The molecule has 2 aromatic carbocycles. The molecule has 20 heavy (non-hydrogen) atoms. The van der Waals surface area contributed by atoms with Gasteiger partial charge in [-0.05, 0) is 17.5 Å². The molecule has 2 aromatic rings. The van der Waals surface area contributed by atoms with Gasteiger partial charge in [0.25, 0.3) is 0 Å². The number of carbonyl (C=O) groups excluding carboxylic acids is 1. The summed E-state index contributed by atoms with van der Waals surface area (Å²) in [6.07, 6.45) is 5.32. The Morgan fingerprint density at radius 1 is 0.850 bits per heavy atom. The number of benzene rings is 2. The minimum absolute atomic E-state index is 0.190. The Kier molecular flexibility index (Phi) is 2.43. The van der Waals surface area contributed by atoms with Crippen molar-refractivity contribution in [2.24, 2.45) is 11.8 Å². The summed E-state index contributed by atoms with van der Waals surface area (Å²) in [5.74, 6) is 0.889. The molecule has 0 amide bonds. The maximum Gasteiger partial charge on any atom is 0.152 e. The van der Waals surface area contributed by atoms with Crippen molar-refractivity contribution in [3.8, 4) is 0 Å². The van der Waals surface area contributed by atoms with Crippen molar-refractivity contribution in [2.75, 3.05) is 0 Å². The van der Waals surface area contributed by atoms with Crippen LogP contribution in [0.15, 0.2) is 72.8 Å². The molecule has 2 aliphatic carbocycles. The molecule has 0 saturated heterocycles. The second kappa shape index (κ2) is 4.17. The number of Topliss-reactive ketones (excluding diaryl/α,β-unsaturated/α-hetero) is 1. The van der Waals surface area contributed by atoms with Gasteiger partial charge in [-0.15, -0.1) is 0 Å². The molecule has 0 N–H and O–H groups in total. The number of ketones is 1. The van der Waals surface area contributed by atoms with Crippen molar-refractivity contribution in [3.63, 3.8) is 0 Å². The Labute approximate surface area is 119 Å². The Morgan fingerprint density at radius 2 is 1.40 bits per heavy atom. The highest BCUT2D eigenvalue weighted by molar-refractivity contribution is 6.03. The Balaban J connectivity index is 1.95. The van der Waals surface area contributed by atoms with Gasteiger partial charge in [-0.25, -0.2) is 0 Å². The highest BCUT2D eigenvalue weighted by Gasteiger charge is 2.63. The van der Waals surface area contributed by atoms with E-state index in [0.29, 0.717) is 11.7 Å². The van der Waals surface area contributed by atoms with E-state index in [9.17, 15) is 4.79 Å². The average Bonchev–Trinajstić information content (AvgIpc) is 2.95. The molecule has 98 valence electrons. The van der Waals surface area contributed by atoms with Gasteiger partial charge in [0.2, 0.25) is 0 Å². The summed E-state index contributed by atoms with van der Waals surface area (Å²) in [6.45, 7) is 0. The van der Waals surface area contributed by atoms with Crippen molar-refractivity contribution in [1.82, 2.24) is 0 Å². The van der Waals surface area contributed by atoms with E-state index in [1.807, 2.05) is 36.4 Å². The fourth-order valence-corrected chi connectivity index (χ4v) is 3.97. The maximum absolute atomic E-state index is 12.9. The first-order valence-electron chi connectivity index (χ1n) is 7.17. The van der Waals surface area contributed by atoms with Crippen molar-refractivity contribution >= 4 is 5.78 Å². The van der Waals surface area contributed by atoms with Gasteiger partial charge >= 0.3 is 0 Å². The molecule has 0 radical (unpaired) electrons. The third-order valence-electron chi connectivity index (χ3n) is 4.85. The molecule has 1 saturated carbocycles. The van der Waals surface area contributed by atoms with Gasteiger partial charge in [-0.2, -0.15) is 0 Å². The third-order valence-corrected chi connectivity index (χ3v) is 4.85. The lowest BCUT2D eigenvalue weighted by Crippen LogP contribution is -2.59. The van der Waals surface area contributed by atoms with Crippen molar-refractivity contribution in [2.45, 2.75) is 11.8 Å². The van der Waals surface area contributed by atoms with Crippen molar-refractivity contribution in [3.05, 3.63) is 83.9 Å². The summed E-state index contributed by atoms with van der Waals surface area (Å²) in [4.78, 5) is 12.9. The normalized spacial score (nSPS) is 26.1. The largest absolute Gasteiger partial charge is 0.298 e. The van der Waals surface area contributed by atoms with Gasteiger partial charge in [-0.1, -0.05) is 72.8 Å². The molecule has 0 aromatic heterocycles. The molecule has 1 nitrogen and oxygen atoms in total. The molecular formula is C19H16O. The number of carbonyl (C=O) groups is 1. The number of hydrogen-bond donors (Lipinski definition) is 0. The van der Waals surface area contributed by atoms with Crippen LogP contribution in [0.1, 0.15) is 17.5 Å². The van der Waals surface area contributed by atoms with Crippen LogP contribution in [0.2, 0.25) is 0 Å². The fraction of sp³-hybridized carbons (Fsp3) is 0.211. The van der Waals surface area contributed by atoms with E-state index in [1.54, 1.807) is 0 Å². The highest BCUT2D eigenvalue weighted by Crippen LogP contribution is 2.57. The maximum atomic E-state index is 12.9. The molecule has 1 fully saturated rings. The van der Waals surface area contributed by atoms with Gasteiger partial charge in [0.15, 0.2) is 5.78 Å². The van der Waals surface area contributed by atoms with Gasteiger partial charge in [0, 0.05) is 11.8 Å². The molecule has 2 aliphatic rings. The van der Waals surface area contributed by atoms with Crippen molar-refractivity contribution in [1.29, 1.82) is 0 Å². The predicted octanol–water partition coefficient (Wildman–Crippen LogP) is 3.75. The van der Waals surface area contributed by atoms with E-state index in [0.717, 1.165) is 17.5 Å². The summed E-state index contributed by atoms with van der Waals surface area (Å²) in [7, 11) is 0. The van der Waals surface area contributed by atoms with Gasteiger partial charge in [0.1, 0.15) is 0 Å². The van der Waals surface area contributed by atoms with Crippen LogP contribution in [0.5, 0.6) is 0 Å². The minimum Gasteiger partial charge on any atom is -0.298 e. The van der Waals surface area contributed by atoms with Gasteiger partial charge in [-0.3, -0.25) is 4.79 Å². The standard InChI is InChI=1S/C19H16O/c20-18-16-12-7-13-17(16)19(18,14-8-3-1-4-9-14)15-10-5-2-6-11-15/h1-11,13,16-17H,12H2/t16-,17?/m0/s1. The van der Waals surface area contributed by atoms with Crippen molar-refractivity contribution < 1.29 is 4.79 Å². The molecule has 2 atom stereocenters. The van der Waals surface area contributed by atoms with Crippen LogP contribution in [0.4, 0.5) is 0 Å². The first-order valence-corrected chi connectivity index (χ1v) is 7.17. The lowest BCUT2D eigenvalue weighted by molar-refractivity contribution is -0.140. The Hall–Kier alpha value is -2.15. The lowest BCUT2D eigenvalue weighted by Gasteiger charge is -2.51. The molecular weight excluding hydrogens is 244 g/mol. The Morgan fingerprint density at radius 3 is 1.95 bits per heavy atom. The van der Waals surface area contributed by atoms with E-state index in [4.69, 9.17) is 0 Å². The van der Waals surface area contributed by atoms with Crippen LogP contribution in [0, 0.1) is 11.8 Å². The monoisotopic (exact) mass is 260 g/mol. The first kappa shape index (κ1) is 11.7. The number of rotatable bonds is 2. The number of allylic oxidation sites excluding steroid dienone is 2. The van der Waals surface area contributed by atoms with E-state index < -0.39 is 5.41 Å². The second-order valence-corrected chi connectivity index (χ2v) is 5.70. The van der Waals surface area contributed by atoms with Crippen LogP contribution < -0.4 is 0 Å². The molecule has 0 heterocycles. The van der Waals surface area contributed by atoms with Crippen LogP contribution >= 0.6 is 0 Å². The van der Waals surface area contributed by atoms with Crippen LogP contribution in [0.3, 0.4) is 0 Å². The van der Waals surface area contributed by atoms with E-state index in [2.05, 4.69) is 36.4 Å². The Bertz CT molecular complexity index is 630. The minimum atomic E-state index is -0.458. The van der Waals surface area contributed by atoms with E-state index in [-0.39, 0.29) is 5.92 Å². The summed E-state index contributed by atoms with van der Waals surface area (Å²) in [6, 6.07) is 20.5. The third kappa shape index (κ3) is 1.30. The van der Waals surface area contributed by atoms with Crippen LogP contribution in [0.25, 0.3) is 0 Å². The topological polar surface area (TPSA) is 17.1 Å². The van der Waals surface area contributed by atoms with Crippen LogP contribution in [-0.4, -0.2) is 5.78 Å². The lowest BCUT2D eigenvalue weighted by atomic mass is 9.48. The second-order valence-electron chi connectivity index (χ2n) is 5.70. The summed E-state index contributed by atoms with van der Waals surface area (Å²) < 4.78 is 0. The SMILES string of the molecule is O=C1[C@H]2CC=CC2C1(c1ccccc1)c1ccccc1. The van der Waals surface area contributed by atoms with E-state index in [1.165, 1.54) is 0 Å². The first-order chi connectivity index (χ1) is 9.85. The quantitative estimate of drug-likeness (QED) is 0.752. The number of hydrogen-bond acceptors (Lipinski definition) is 1. The molecule has 1 heteroatoms. The molecule has 4 rings (SSSR count). The zero-order valence-corrected chi connectivity index (χ0v) is 11.2. The molecule has 1 unspecified atom stereocenters. The average molecular weight is 260 g/mol. The molecule has 0 aliphatic heterocycles. The smallest absolute Gasteiger partial charge is 0.152 e. The summed E-state index contributed by atoms with van der Waals surface area (Å²) in [5, 5.41) is 0. The predicted molar refractivity (Wildman–Crippen MR) is 79.4 cm³/mol. The number of fused-ring (bicyclic) bond motifs is 1. The summed E-state index contributed by atoms with van der Waals surface area (Å²) in [5.41, 5.74) is 1.80. The zero-order chi connectivity index (χ0) is 13.6. The van der Waals surface area contributed by atoms with Crippen LogP contribution in [-0.2, 0) is 10.2 Å². The fourth-order valence-electron chi connectivity index (χ4n) is 3.97. The molecule has 0 spiro atoms. The highest BCUT2D eigenvalue weighted by atomic mass is 16.1. The van der Waals surface area contributed by atoms with E-state index >= 15 is 0 Å². The van der Waals surface area contributed by atoms with Gasteiger partial charge < -0.3 is 0 Å².